The predicted octanol–water partition coefficient (Wildman–Crippen LogP) is 1.98. The molecule has 0 spiro atoms. The monoisotopic (exact) mass is 215 g/mol. The van der Waals surface area contributed by atoms with Gasteiger partial charge in [-0.15, -0.1) is 0 Å². The molecule has 0 amide bonds. The number of aliphatic hydroxyl groups excluding tert-OH is 1. The lowest BCUT2D eigenvalue weighted by molar-refractivity contribution is 0.0966. The molecule has 0 fully saturated rings. The molecule has 1 aromatic rings. The zero-order valence-electron chi connectivity index (χ0n) is 8.74. The molecule has 0 aliphatic carbocycles. The van der Waals surface area contributed by atoms with Crippen molar-refractivity contribution in [3.05, 3.63) is 35.4 Å². The molecule has 4 heteroatoms. The van der Waals surface area contributed by atoms with E-state index in [0.29, 0.717) is 0 Å². The maximum atomic E-state index is 13.3. The summed E-state index contributed by atoms with van der Waals surface area (Å²) in [6.45, 7) is 3.57. The topological polar surface area (TPSA) is 46.2 Å². The van der Waals surface area contributed by atoms with Gasteiger partial charge in [0.1, 0.15) is 11.6 Å². The first-order valence-corrected chi connectivity index (χ1v) is 4.82. The van der Waals surface area contributed by atoms with Gasteiger partial charge >= 0.3 is 0 Å². The van der Waals surface area contributed by atoms with Crippen LogP contribution in [0.3, 0.4) is 0 Å². The Bertz CT molecular complexity index is 341. The minimum Gasteiger partial charge on any atom is -0.391 e. The molecule has 1 aromatic carbocycles. The van der Waals surface area contributed by atoms with Crippen molar-refractivity contribution in [2.24, 2.45) is 11.7 Å². The van der Waals surface area contributed by atoms with Crippen LogP contribution in [0.1, 0.15) is 25.5 Å². The number of rotatable bonds is 3. The van der Waals surface area contributed by atoms with Gasteiger partial charge in [-0.2, -0.15) is 0 Å². The highest BCUT2D eigenvalue weighted by atomic mass is 19.1. The van der Waals surface area contributed by atoms with Gasteiger partial charge in [0, 0.05) is 11.6 Å². The molecule has 15 heavy (non-hydrogen) atoms. The molecule has 0 bridgehead atoms. The van der Waals surface area contributed by atoms with Crippen LogP contribution in [0.5, 0.6) is 0 Å². The summed E-state index contributed by atoms with van der Waals surface area (Å²) in [6.07, 6.45) is -0.843. The number of aliphatic hydroxyl groups is 1. The van der Waals surface area contributed by atoms with Gasteiger partial charge in [0.15, 0.2) is 0 Å². The second-order valence-corrected chi connectivity index (χ2v) is 3.93. The summed E-state index contributed by atoms with van der Waals surface area (Å²) in [5, 5.41) is 9.66. The third-order valence-electron chi connectivity index (χ3n) is 2.37. The van der Waals surface area contributed by atoms with Gasteiger partial charge in [-0.3, -0.25) is 0 Å². The SMILES string of the molecule is CC(C)[C@@H](O)[C@@H](N)c1ccc(F)cc1F. The highest BCUT2D eigenvalue weighted by molar-refractivity contribution is 5.22. The first-order valence-electron chi connectivity index (χ1n) is 4.82. The molecule has 0 saturated carbocycles. The van der Waals surface area contributed by atoms with Gasteiger partial charge in [0.05, 0.1) is 12.1 Å². The Labute approximate surface area is 87.7 Å². The van der Waals surface area contributed by atoms with E-state index < -0.39 is 23.8 Å². The van der Waals surface area contributed by atoms with E-state index in [1.54, 1.807) is 13.8 Å². The van der Waals surface area contributed by atoms with E-state index in [2.05, 4.69) is 0 Å². The molecule has 2 atom stereocenters. The largest absolute Gasteiger partial charge is 0.391 e. The summed E-state index contributed by atoms with van der Waals surface area (Å²) in [5.41, 5.74) is 5.81. The van der Waals surface area contributed by atoms with Gasteiger partial charge in [0.25, 0.3) is 0 Å². The predicted molar refractivity (Wildman–Crippen MR) is 54.1 cm³/mol. The van der Waals surface area contributed by atoms with Crippen LogP contribution in [0.25, 0.3) is 0 Å². The third-order valence-corrected chi connectivity index (χ3v) is 2.37. The molecule has 0 heterocycles. The summed E-state index contributed by atoms with van der Waals surface area (Å²) in [5.74, 6) is -1.45. The fraction of sp³-hybridized carbons (Fsp3) is 0.455. The maximum absolute atomic E-state index is 13.3. The Morgan fingerprint density at radius 1 is 1.27 bits per heavy atom. The Kier molecular flexibility index (Phi) is 3.77. The lowest BCUT2D eigenvalue weighted by Crippen LogP contribution is -2.31. The summed E-state index contributed by atoms with van der Waals surface area (Å²) < 4.78 is 25.9. The third kappa shape index (κ3) is 2.73. The Morgan fingerprint density at radius 3 is 2.33 bits per heavy atom. The Hall–Kier alpha value is -1.00. The van der Waals surface area contributed by atoms with Gasteiger partial charge in [-0.1, -0.05) is 19.9 Å². The second kappa shape index (κ2) is 4.68. The Balaban J connectivity index is 2.96. The van der Waals surface area contributed by atoms with Crippen LogP contribution >= 0.6 is 0 Å². The summed E-state index contributed by atoms with van der Waals surface area (Å²) in [7, 11) is 0. The van der Waals surface area contributed by atoms with Crippen molar-refractivity contribution in [3.63, 3.8) is 0 Å². The summed E-state index contributed by atoms with van der Waals surface area (Å²) in [4.78, 5) is 0. The van der Waals surface area contributed by atoms with E-state index in [-0.39, 0.29) is 11.5 Å². The molecule has 0 aromatic heterocycles. The number of halogens is 2. The van der Waals surface area contributed by atoms with Gasteiger partial charge in [0.2, 0.25) is 0 Å². The van der Waals surface area contributed by atoms with Crippen molar-refractivity contribution in [2.45, 2.75) is 26.0 Å². The van der Waals surface area contributed by atoms with Crippen LogP contribution in [-0.4, -0.2) is 11.2 Å². The van der Waals surface area contributed by atoms with Crippen molar-refractivity contribution in [1.29, 1.82) is 0 Å². The molecular weight excluding hydrogens is 200 g/mol. The van der Waals surface area contributed by atoms with Crippen LogP contribution in [-0.2, 0) is 0 Å². The van der Waals surface area contributed by atoms with Crippen LogP contribution in [0.15, 0.2) is 18.2 Å². The van der Waals surface area contributed by atoms with E-state index >= 15 is 0 Å². The van der Waals surface area contributed by atoms with Crippen molar-refractivity contribution >= 4 is 0 Å². The lowest BCUT2D eigenvalue weighted by atomic mass is 9.94. The minimum absolute atomic E-state index is 0.0792. The quantitative estimate of drug-likeness (QED) is 0.809. The highest BCUT2D eigenvalue weighted by Crippen LogP contribution is 2.22. The standard InChI is InChI=1S/C11H15F2NO/c1-6(2)11(15)10(14)8-4-3-7(12)5-9(8)13/h3-6,10-11,15H,14H2,1-2H3/t10-,11+/m0/s1. The first kappa shape index (κ1) is 12.1. The molecule has 84 valence electrons. The van der Waals surface area contributed by atoms with Crippen molar-refractivity contribution < 1.29 is 13.9 Å². The van der Waals surface area contributed by atoms with E-state index in [1.165, 1.54) is 6.07 Å². The molecule has 3 N–H and O–H groups in total. The number of hydrogen-bond donors (Lipinski definition) is 2. The second-order valence-electron chi connectivity index (χ2n) is 3.93. The van der Waals surface area contributed by atoms with Crippen LogP contribution in [0.2, 0.25) is 0 Å². The van der Waals surface area contributed by atoms with Gasteiger partial charge in [-0.05, 0) is 12.0 Å². The normalized spacial score (nSPS) is 15.4. The minimum atomic E-state index is -0.843. The van der Waals surface area contributed by atoms with Crippen molar-refractivity contribution in [3.8, 4) is 0 Å². The maximum Gasteiger partial charge on any atom is 0.130 e. The molecular formula is C11H15F2NO. The first-order chi connectivity index (χ1) is 6.93. The van der Waals surface area contributed by atoms with Crippen LogP contribution in [0, 0.1) is 17.6 Å². The van der Waals surface area contributed by atoms with E-state index in [4.69, 9.17) is 5.73 Å². The molecule has 1 rings (SSSR count). The molecule has 2 nitrogen and oxygen atoms in total. The fourth-order valence-corrected chi connectivity index (χ4v) is 1.37. The number of nitrogens with two attached hydrogens (primary N) is 1. The summed E-state index contributed by atoms with van der Waals surface area (Å²) >= 11 is 0. The van der Waals surface area contributed by atoms with E-state index in [0.717, 1.165) is 12.1 Å². The van der Waals surface area contributed by atoms with Gasteiger partial charge in [-0.25, -0.2) is 8.78 Å². The molecule has 0 saturated heterocycles. The molecule has 0 radical (unpaired) electrons. The molecule has 0 unspecified atom stereocenters. The zero-order valence-corrected chi connectivity index (χ0v) is 8.74. The average molecular weight is 215 g/mol. The number of benzene rings is 1. The van der Waals surface area contributed by atoms with Crippen LogP contribution in [0.4, 0.5) is 8.78 Å². The molecule has 0 aliphatic heterocycles. The smallest absolute Gasteiger partial charge is 0.130 e. The Morgan fingerprint density at radius 2 is 1.87 bits per heavy atom. The van der Waals surface area contributed by atoms with Crippen LogP contribution < -0.4 is 5.73 Å². The average Bonchev–Trinajstić information content (AvgIpc) is 2.15. The van der Waals surface area contributed by atoms with Crippen molar-refractivity contribution in [1.82, 2.24) is 0 Å². The lowest BCUT2D eigenvalue weighted by Gasteiger charge is -2.22. The zero-order chi connectivity index (χ0) is 11.6. The fourth-order valence-electron chi connectivity index (χ4n) is 1.37. The molecule has 0 aliphatic rings. The van der Waals surface area contributed by atoms with Crippen molar-refractivity contribution in [2.75, 3.05) is 0 Å². The van der Waals surface area contributed by atoms with Gasteiger partial charge < -0.3 is 10.8 Å². The van der Waals surface area contributed by atoms with E-state index in [1.807, 2.05) is 0 Å². The van der Waals surface area contributed by atoms with E-state index in [9.17, 15) is 13.9 Å². The number of hydrogen-bond acceptors (Lipinski definition) is 2. The summed E-state index contributed by atoms with van der Waals surface area (Å²) in [6, 6.07) is 2.33. The highest BCUT2D eigenvalue weighted by Gasteiger charge is 2.22.